The number of nitrogens with zero attached hydrogens (tertiary/aromatic N) is 1. The molecule has 0 saturated carbocycles. The molecule has 1 heterocycles. The number of aryl methyl sites for hydroxylation is 1. The van der Waals surface area contributed by atoms with Crippen molar-refractivity contribution in [2.24, 2.45) is 7.05 Å². The van der Waals surface area contributed by atoms with Gasteiger partial charge in [-0.15, -0.1) is 0 Å². The van der Waals surface area contributed by atoms with Crippen LogP contribution in [0.3, 0.4) is 0 Å². The number of pyridine rings is 1. The first-order valence-electron chi connectivity index (χ1n) is 4.46. The van der Waals surface area contributed by atoms with Crippen LogP contribution >= 0.6 is 22.6 Å². The monoisotopic (exact) mass is 315 g/mol. The summed E-state index contributed by atoms with van der Waals surface area (Å²) in [4.78, 5) is 11.8. The Morgan fingerprint density at radius 2 is 2.07 bits per heavy atom. The van der Waals surface area contributed by atoms with Gasteiger partial charge in [-0.2, -0.15) is 0 Å². The van der Waals surface area contributed by atoms with Gasteiger partial charge in [0, 0.05) is 27.6 Å². The Labute approximate surface area is 101 Å². The summed E-state index contributed by atoms with van der Waals surface area (Å²) in [7, 11) is 3.38. The summed E-state index contributed by atoms with van der Waals surface area (Å²) in [5, 5.41) is 1.67. The van der Waals surface area contributed by atoms with Crippen molar-refractivity contribution >= 4 is 33.4 Å². The van der Waals surface area contributed by atoms with Crippen LogP contribution < -0.4 is 10.3 Å². The van der Waals surface area contributed by atoms with Crippen LogP contribution in [-0.4, -0.2) is 11.7 Å². The van der Waals surface area contributed by atoms with E-state index in [-0.39, 0.29) is 5.56 Å². The average Bonchev–Trinajstić information content (AvgIpc) is 2.25. The number of methoxy groups -OCH3 is 1. The van der Waals surface area contributed by atoms with E-state index >= 15 is 0 Å². The second kappa shape index (κ2) is 3.84. The Morgan fingerprint density at radius 3 is 2.73 bits per heavy atom. The van der Waals surface area contributed by atoms with E-state index in [1.165, 1.54) is 0 Å². The van der Waals surface area contributed by atoms with E-state index < -0.39 is 0 Å². The molecule has 0 fully saturated rings. The molecule has 2 aromatic rings. The number of benzene rings is 1. The molecule has 0 N–H and O–H groups in total. The van der Waals surface area contributed by atoms with Crippen molar-refractivity contribution in [1.29, 1.82) is 0 Å². The highest BCUT2D eigenvalue weighted by Gasteiger charge is 2.05. The number of rotatable bonds is 1. The SMILES string of the molecule is COc1ccc2c(=O)n(C)cc(I)c2c1. The highest BCUT2D eigenvalue weighted by atomic mass is 127. The summed E-state index contributed by atoms with van der Waals surface area (Å²) >= 11 is 2.22. The summed E-state index contributed by atoms with van der Waals surface area (Å²) in [6, 6.07) is 5.50. The van der Waals surface area contributed by atoms with E-state index in [0.717, 1.165) is 20.1 Å². The van der Waals surface area contributed by atoms with Crippen LogP contribution in [0.2, 0.25) is 0 Å². The molecular weight excluding hydrogens is 305 g/mol. The Hall–Kier alpha value is -1.04. The normalized spacial score (nSPS) is 10.6. The predicted octanol–water partition coefficient (Wildman–Crippen LogP) is 2.15. The summed E-state index contributed by atoms with van der Waals surface area (Å²) in [6.07, 6.45) is 1.82. The van der Waals surface area contributed by atoms with Crippen LogP contribution in [0.25, 0.3) is 10.8 Å². The van der Waals surface area contributed by atoms with Gasteiger partial charge in [-0.3, -0.25) is 4.79 Å². The van der Waals surface area contributed by atoms with E-state index in [1.807, 2.05) is 12.3 Å². The maximum Gasteiger partial charge on any atom is 0.258 e. The van der Waals surface area contributed by atoms with Gasteiger partial charge in [-0.25, -0.2) is 0 Å². The summed E-state index contributed by atoms with van der Waals surface area (Å²) in [5.74, 6) is 0.772. The summed E-state index contributed by atoms with van der Waals surface area (Å²) in [6.45, 7) is 0. The zero-order valence-corrected chi connectivity index (χ0v) is 10.6. The van der Waals surface area contributed by atoms with Crippen molar-refractivity contribution < 1.29 is 4.74 Å². The molecular formula is C11H10INO2. The third kappa shape index (κ3) is 1.73. The second-order valence-electron chi connectivity index (χ2n) is 3.30. The van der Waals surface area contributed by atoms with Gasteiger partial charge < -0.3 is 9.30 Å². The van der Waals surface area contributed by atoms with Crippen molar-refractivity contribution in [3.05, 3.63) is 38.3 Å². The maximum absolute atomic E-state index is 11.8. The van der Waals surface area contributed by atoms with Gasteiger partial charge in [-0.05, 0) is 40.8 Å². The van der Waals surface area contributed by atoms with Crippen LogP contribution in [0.5, 0.6) is 5.75 Å². The molecule has 0 aliphatic heterocycles. The lowest BCUT2D eigenvalue weighted by Gasteiger charge is -2.06. The molecule has 0 bridgehead atoms. The first kappa shape index (κ1) is 10.5. The molecule has 78 valence electrons. The van der Waals surface area contributed by atoms with Crippen molar-refractivity contribution in [1.82, 2.24) is 4.57 Å². The third-order valence-corrected chi connectivity index (χ3v) is 3.20. The number of hydrogen-bond acceptors (Lipinski definition) is 2. The molecule has 2 rings (SSSR count). The predicted molar refractivity (Wildman–Crippen MR) is 68.5 cm³/mol. The summed E-state index contributed by atoms with van der Waals surface area (Å²) in [5.41, 5.74) is 0.0214. The average molecular weight is 315 g/mol. The fourth-order valence-electron chi connectivity index (χ4n) is 1.52. The van der Waals surface area contributed by atoms with Crippen LogP contribution in [0.15, 0.2) is 29.2 Å². The smallest absolute Gasteiger partial charge is 0.258 e. The molecule has 3 nitrogen and oxygen atoms in total. The number of halogens is 1. The van der Waals surface area contributed by atoms with E-state index in [0.29, 0.717) is 0 Å². The van der Waals surface area contributed by atoms with Gasteiger partial charge in [0.25, 0.3) is 5.56 Å². The Bertz CT molecular complexity index is 575. The minimum absolute atomic E-state index is 0.0214. The minimum Gasteiger partial charge on any atom is -0.497 e. The quantitative estimate of drug-likeness (QED) is 0.755. The zero-order chi connectivity index (χ0) is 11.0. The lowest BCUT2D eigenvalue weighted by atomic mass is 10.1. The summed E-state index contributed by atoms with van der Waals surface area (Å²) < 4.78 is 7.77. The highest BCUT2D eigenvalue weighted by molar-refractivity contribution is 14.1. The van der Waals surface area contributed by atoms with Crippen LogP contribution in [0.1, 0.15) is 0 Å². The van der Waals surface area contributed by atoms with Crippen LogP contribution in [0.4, 0.5) is 0 Å². The first-order chi connectivity index (χ1) is 7.13. The molecule has 0 aliphatic carbocycles. The van der Waals surface area contributed by atoms with Gasteiger partial charge >= 0.3 is 0 Å². The second-order valence-corrected chi connectivity index (χ2v) is 4.47. The van der Waals surface area contributed by atoms with Crippen molar-refractivity contribution in [3.63, 3.8) is 0 Å². The minimum atomic E-state index is 0.0214. The molecule has 1 aromatic heterocycles. The van der Waals surface area contributed by atoms with E-state index in [4.69, 9.17) is 4.74 Å². The molecule has 0 radical (unpaired) electrons. The number of aromatic nitrogens is 1. The van der Waals surface area contributed by atoms with Crippen LogP contribution in [-0.2, 0) is 7.05 Å². The molecule has 4 heteroatoms. The first-order valence-corrected chi connectivity index (χ1v) is 5.54. The molecule has 0 unspecified atom stereocenters. The molecule has 0 aliphatic rings. The lowest BCUT2D eigenvalue weighted by Crippen LogP contribution is -2.16. The largest absolute Gasteiger partial charge is 0.497 e. The van der Waals surface area contributed by atoms with Gasteiger partial charge in [-0.1, -0.05) is 0 Å². The lowest BCUT2D eigenvalue weighted by molar-refractivity contribution is 0.415. The van der Waals surface area contributed by atoms with E-state index in [9.17, 15) is 4.79 Å². The van der Waals surface area contributed by atoms with Gasteiger partial charge in [0.2, 0.25) is 0 Å². The number of fused-ring (bicyclic) bond motifs is 1. The number of hydrogen-bond donors (Lipinski definition) is 0. The van der Waals surface area contributed by atoms with Crippen molar-refractivity contribution in [2.45, 2.75) is 0 Å². The Balaban J connectivity index is 2.90. The Morgan fingerprint density at radius 1 is 1.33 bits per heavy atom. The van der Waals surface area contributed by atoms with Crippen LogP contribution in [0, 0.1) is 3.57 Å². The van der Waals surface area contributed by atoms with E-state index in [1.54, 1.807) is 30.9 Å². The third-order valence-electron chi connectivity index (χ3n) is 2.34. The van der Waals surface area contributed by atoms with Crippen molar-refractivity contribution in [2.75, 3.05) is 7.11 Å². The molecule has 0 saturated heterocycles. The highest BCUT2D eigenvalue weighted by Crippen LogP contribution is 2.22. The van der Waals surface area contributed by atoms with Gasteiger partial charge in [0.05, 0.1) is 7.11 Å². The fraction of sp³-hybridized carbons (Fsp3) is 0.182. The molecule has 15 heavy (non-hydrogen) atoms. The Kier molecular flexibility index (Phi) is 2.68. The molecule has 1 aromatic carbocycles. The van der Waals surface area contributed by atoms with Gasteiger partial charge in [0.1, 0.15) is 5.75 Å². The molecule has 0 atom stereocenters. The molecule has 0 spiro atoms. The topological polar surface area (TPSA) is 31.2 Å². The maximum atomic E-state index is 11.8. The van der Waals surface area contributed by atoms with Gasteiger partial charge in [0.15, 0.2) is 0 Å². The number of ether oxygens (including phenoxy) is 1. The zero-order valence-electron chi connectivity index (χ0n) is 8.45. The fourth-order valence-corrected chi connectivity index (χ4v) is 2.39. The molecule has 0 amide bonds. The standard InChI is InChI=1S/C11H10INO2/c1-13-6-10(12)9-5-7(15-2)3-4-8(9)11(13)14/h3-6H,1-2H3. The van der Waals surface area contributed by atoms with Crippen molar-refractivity contribution in [3.8, 4) is 5.75 Å². The van der Waals surface area contributed by atoms with E-state index in [2.05, 4.69) is 22.6 Å².